The Hall–Kier alpha value is -2.30. The third-order valence-electron chi connectivity index (χ3n) is 3.81. The van der Waals surface area contributed by atoms with E-state index in [0.717, 1.165) is 10.9 Å². The van der Waals surface area contributed by atoms with Crippen LogP contribution >= 0.6 is 23.2 Å². The van der Waals surface area contributed by atoms with Crippen LogP contribution in [0.3, 0.4) is 0 Å². The van der Waals surface area contributed by atoms with Crippen molar-refractivity contribution in [3.63, 3.8) is 0 Å². The lowest BCUT2D eigenvalue weighted by atomic mass is 10.2. The molecule has 0 atom stereocenters. The van der Waals surface area contributed by atoms with Crippen molar-refractivity contribution in [2.45, 2.75) is 0 Å². The number of rotatable bonds is 1. The molecule has 2 aromatic carbocycles. The number of halogens is 2. The molecule has 4 aromatic rings. The number of fused-ring (bicyclic) bond motifs is 3. The molecule has 0 aliphatic heterocycles. The molecular weight excluding hydrogens is 335 g/mol. The Bertz CT molecular complexity index is 1130. The third-order valence-corrected chi connectivity index (χ3v) is 4.55. The highest BCUT2D eigenvalue weighted by molar-refractivity contribution is 6.42. The van der Waals surface area contributed by atoms with E-state index in [1.807, 2.05) is 24.3 Å². The van der Waals surface area contributed by atoms with Crippen molar-refractivity contribution in [1.29, 1.82) is 0 Å². The SMILES string of the molecule is Cn1c(=O)c2nc(-c3ccc(Cl)c(Cl)c3)oc2c2ccccc21. The minimum Gasteiger partial charge on any atom is -0.435 e. The van der Waals surface area contributed by atoms with Gasteiger partial charge in [-0.3, -0.25) is 4.79 Å². The summed E-state index contributed by atoms with van der Waals surface area (Å²) >= 11 is 12.0. The van der Waals surface area contributed by atoms with Crippen LogP contribution in [-0.4, -0.2) is 9.55 Å². The van der Waals surface area contributed by atoms with E-state index < -0.39 is 0 Å². The lowest BCUT2D eigenvalue weighted by Crippen LogP contribution is -2.17. The smallest absolute Gasteiger partial charge is 0.280 e. The average Bonchev–Trinajstić information content (AvgIpc) is 3.01. The quantitative estimate of drug-likeness (QED) is 0.504. The molecule has 0 unspecified atom stereocenters. The standard InChI is InChI=1S/C17H10Cl2N2O2/c1-21-13-5-3-2-4-10(13)15-14(17(21)22)20-16(23-15)9-6-7-11(18)12(19)8-9/h2-8H,1H3. The zero-order valence-corrected chi connectivity index (χ0v) is 13.5. The molecule has 2 aromatic heterocycles. The summed E-state index contributed by atoms with van der Waals surface area (Å²) in [6, 6.07) is 12.6. The molecule has 0 bridgehead atoms. The Labute approximate surface area is 140 Å². The van der Waals surface area contributed by atoms with Gasteiger partial charge in [-0.2, -0.15) is 0 Å². The van der Waals surface area contributed by atoms with E-state index in [-0.39, 0.29) is 5.56 Å². The Morgan fingerprint density at radius 1 is 1.09 bits per heavy atom. The van der Waals surface area contributed by atoms with E-state index in [9.17, 15) is 4.79 Å². The molecule has 0 fully saturated rings. The fourth-order valence-electron chi connectivity index (χ4n) is 2.63. The molecule has 6 heteroatoms. The summed E-state index contributed by atoms with van der Waals surface area (Å²) in [5.41, 5.74) is 2.04. The molecule has 4 nitrogen and oxygen atoms in total. The van der Waals surface area contributed by atoms with Gasteiger partial charge in [0.15, 0.2) is 11.1 Å². The lowest BCUT2D eigenvalue weighted by Gasteiger charge is -2.03. The molecule has 0 spiro atoms. The number of pyridine rings is 1. The van der Waals surface area contributed by atoms with Crippen LogP contribution in [-0.2, 0) is 7.05 Å². The fourth-order valence-corrected chi connectivity index (χ4v) is 2.92. The maximum atomic E-state index is 12.5. The second-order valence-electron chi connectivity index (χ2n) is 5.21. The molecule has 0 saturated heterocycles. The van der Waals surface area contributed by atoms with E-state index in [2.05, 4.69) is 4.98 Å². The van der Waals surface area contributed by atoms with Gasteiger partial charge in [-0.1, -0.05) is 35.3 Å². The molecule has 4 rings (SSSR count). The predicted molar refractivity (Wildman–Crippen MR) is 92.2 cm³/mol. The molecule has 23 heavy (non-hydrogen) atoms. The number of oxazole rings is 1. The first-order valence-electron chi connectivity index (χ1n) is 6.90. The monoisotopic (exact) mass is 344 g/mol. The summed E-state index contributed by atoms with van der Waals surface area (Å²) in [6.45, 7) is 0. The Balaban J connectivity index is 2.08. The number of aromatic nitrogens is 2. The van der Waals surface area contributed by atoms with Crippen LogP contribution in [0.1, 0.15) is 0 Å². The van der Waals surface area contributed by atoms with Crippen LogP contribution in [0.4, 0.5) is 0 Å². The van der Waals surface area contributed by atoms with Gasteiger partial charge in [-0.25, -0.2) is 4.98 Å². The molecule has 114 valence electrons. The van der Waals surface area contributed by atoms with Gasteiger partial charge in [0.05, 0.1) is 15.6 Å². The number of hydrogen-bond donors (Lipinski definition) is 0. The highest BCUT2D eigenvalue weighted by Gasteiger charge is 2.16. The number of hydrogen-bond acceptors (Lipinski definition) is 3. The van der Waals surface area contributed by atoms with Crippen LogP contribution in [0.25, 0.3) is 33.5 Å². The minimum atomic E-state index is -0.200. The summed E-state index contributed by atoms with van der Waals surface area (Å²) in [5.74, 6) is 0.340. The highest BCUT2D eigenvalue weighted by Crippen LogP contribution is 2.31. The van der Waals surface area contributed by atoms with Crippen molar-refractivity contribution in [1.82, 2.24) is 9.55 Å². The van der Waals surface area contributed by atoms with Crippen LogP contribution < -0.4 is 5.56 Å². The minimum absolute atomic E-state index is 0.200. The van der Waals surface area contributed by atoms with Crippen molar-refractivity contribution in [3.8, 4) is 11.5 Å². The maximum Gasteiger partial charge on any atom is 0.280 e. The topological polar surface area (TPSA) is 48.0 Å². The van der Waals surface area contributed by atoms with Crippen molar-refractivity contribution in [3.05, 3.63) is 62.9 Å². The first kappa shape index (κ1) is 14.3. The molecular formula is C17H10Cl2N2O2. The zero-order valence-electron chi connectivity index (χ0n) is 12.0. The first-order valence-corrected chi connectivity index (χ1v) is 7.65. The van der Waals surface area contributed by atoms with Gasteiger partial charge in [0.25, 0.3) is 5.56 Å². The van der Waals surface area contributed by atoms with Crippen molar-refractivity contribution in [2.75, 3.05) is 0 Å². The summed E-state index contributed by atoms with van der Waals surface area (Å²) in [7, 11) is 1.72. The van der Waals surface area contributed by atoms with Gasteiger partial charge in [0.2, 0.25) is 5.89 Å². The van der Waals surface area contributed by atoms with Gasteiger partial charge >= 0.3 is 0 Å². The summed E-state index contributed by atoms with van der Waals surface area (Å²) < 4.78 is 7.44. The summed E-state index contributed by atoms with van der Waals surface area (Å²) in [5, 5.41) is 1.69. The molecule has 0 aliphatic carbocycles. The van der Waals surface area contributed by atoms with Crippen LogP contribution in [0.15, 0.2) is 51.7 Å². The Kier molecular flexibility index (Phi) is 3.18. The van der Waals surface area contributed by atoms with E-state index in [4.69, 9.17) is 27.6 Å². The number of nitrogens with zero attached hydrogens (tertiary/aromatic N) is 2. The van der Waals surface area contributed by atoms with Crippen LogP contribution in [0.2, 0.25) is 10.0 Å². The molecule has 0 radical (unpaired) electrons. The van der Waals surface area contributed by atoms with E-state index in [1.165, 1.54) is 0 Å². The fraction of sp³-hybridized carbons (Fsp3) is 0.0588. The second kappa shape index (κ2) is 5.11. The van der Waals surface area contributed by atoms with Gasteiger partial charge in [-0.15, -0.1) is 0 Å². The lowest BCUT2D eigenvalue weighted by molar-refractivity contribution is 0.622. The molecule has 0 saturated carbocycles. The predicted octanol–water partition coefficient (Wildman–Crippen LogP) is 4.65. The van der Waals surface area contributed by atoms with Gasteiger partial charge in [0, 0.05) is 18.0 Å². The maximum absolute atomic E-state index is 12.5. The number of para-hydroxylation sites is 1. The Morgan fingerprint density at radius 3 is 2.65 bits per heavy atom. The largest absolute Gasteiger partial charge is 0.435 e. The van der Waals surface area contributed by atoms with E-state index in [0.29, 0.717) is 32.6 Å². The molecule has 0 N–H and O–H groups in total. The van der Waals surface area contributed by atoms with E-state index >= 15 is 0 Å². The van der Waals surface area contributed by atoms with Crippen molar-refractivity contribution < 1.29 is 4.42 Å². The van der Waals surface area contributed by atoms with Gasteiger partial charge < -0.3 is 8.98 Å². The first-order chi connectivity index (χ1) is 11.1. The second-order valence-corrected chi connectivity index (χ2v) is 6.02. The van der Waals surface area contributed by atoms with Crippen LogP contribution in [0.5, 0.6) is 0 Å². The Morgan fingerprint density at radius 2 is 1.87 bits per heavy atom. The van der Waals surface area contributed by atoms with Crippen molar-refractivity contribution in [2.24, 2.45) is 7.05 Å². The molecule has 2 heterocycles. The van der Waals surface area contributed by atoms with Gasteiger partial charge in [-0.05, 0) is 30.3 Å². The third kappa shape index (κ3) is 2.14. The highest BCUT2D eigenvalue weighted by atomic mass is 35.5. The summed E-state index contributed by atoms with van der Waals surface area (Å²) in [6.07, 6.45) is 0. The van der Waals surface area contributed by atoms with E-state index in [1.54, 1.807) is 29.8 Å². The summed E-state index contributed by atoms with van der Waals surface area (Å²) in [4.78, 5) is 16.9. The van der Waals surface area contributed by atoms with Crippen molar-refractivity contribution >= 4 is 45.2 Å². The molecule has 0 amide bonds. The molecule has 0 aliphatic rings. The average molecular weight is 345 g/mol. The normalized spacial score (nSPS) is 11.4. The number of aryl methyl sites for hydroxylation is 1. The zero-order chi connectivity index (χ0) is 16.1. The van der Waals surface area contributed by atoms with Gasteiger partial charge in [0.1, 0.15) is 0 Å². The number of benzene rings is 2. The van der Waals surface area contributed by atoms with Crippen LogP contribution in [0, 0.1) is 0 Å².